The van der Waals surface area contributed by atoms with Crippen molar-refractivity contribution in [1.82, 2.24) is 15.0 Å². The number of rotatable bonds is 7. The van der Waals surface area contributed by atoms with Crippen molar-refractivity contribution < 1.29 is 18.8 Å². The molecule has 32 heavy (non-hydrogen) atoms. The van der Waals surface area contributed by atoms with Crippen molar-refractivity contribution in [1.29, 1.82) is 0 Å². The van der Waals surface area contributed by atoms with Crippen molar-refractivity contribution >= 4 is 17.5 Å². The van der Waals surface area contributed by atoms with Crippen molar-refractivity contribution in [2.75, 3.05) is 33.3 Å². The number of ether oxygens (including phenoxy) is 2. The van der Waals surface area contributed by atoms with Crippen molar-refractivity contribution in [2.45, 2.75) is 20.1 Å². The van der Waals surface area contributed by atoms with Crippen LogP contribution in [0.3, 0.4) is 0 Å². The number of methoxy groups -OCH3 is 1. The largest absolute Gasteiger partial charge is 0.497 e. The maximum absolute atomic E-state index is 13.1. The fourth-order valence-corrected chi connectivity index (χ4v) is 3.88. The lowest BCUT2D eigenvalue weighted by Crippen LogP contribution is -2.48. The second kappa shape index (κ2) is 10.1. The summed E-state index contributed by atoms with van der Waals surface area (Å²) in [5.41, 5.74) is 2.17. The van der Waals surface area contributed by atoms with Gasteiger partial charge in [-0.05, 0) is 36.8 Å². The number of benzene rings is 2. The monoisotopic (exact) mass is 455 g/mol. The Balaban J connectivity index is 1.35. The average molecular weight is 456 g/mol. The lowest BCUT2D eigenvalue weighted by Gasteiger charge is -2.34. The molecule has 1 saturated heterocycles. The van der Waals surface area contributed by atoms with Crippen molar-refractivity contribution in [3.05, 3.63) is 76.1 Å². The van der Waals surface area contributed by atoms with Gasteiger partial charge in [-0.1, -0.05) is 41.0 Å². The minimum Gasteiger partial charge on any atom is -0.497 e. The summed E-state index contributed by atoms with van der Waals surface area (Å²) in [5, 5.41) is 4.54. The topological polar surface area (TPSA) is 68.0 Å². The molecule has 1 aliphatic heterocycles. The lowest BCUT2D eigenvalue weighted by atomic mass is 10.1. The number of aryl methyl sites for hydroxylation is 1. The smallest absolute Gasteiger partial charge is 0.276 e. The van der Waals surface area contributed by atoms with Crippen LogP contribution < -0.4 is 9.47 Å². The normalized spacial score (nSPS) is 14.4. The number of halogens is 1. The second-order valence-electron chi connectivity index (χ2n) is 7.70. The highest BCUT2D eigenvalue weighted by atomic mass is 35.5. The van der Waals surface area contributed by atoms with Crippen LogP contribution in [-0.2, 0) is 13.2 Å². The molecule has 0 atom stereocenters. The van der Waals surface area contributed by atoms with E-state index in [-0.39, 0.29) is 12.5 Å². The molecule has 7 nitrogen and oxygen atoms in total. The van der Waals surface area contributed by atoms with E-state index in [0.29, 0.717) is 40.9 Å². The van der Waals surface area contributed by atoms with E-state index in [1.807, 2.05) is 29.2 Å². The zero-order valence-corrected chi connectivity index (χ0v) is 19.0. The Morgan fingerprint density at radius 2 is 1.81 bits per heavy atom. The summed E-state index contributed by atoms with van der Waals surface area (Å²) in [7, 11) is 1.66. The Hall–Kier alpha value is -3.03. The first kappa shape index (κ1) is 22.2. The van der Waals surface area contributed by atoms with Crippen LogP contribution in [0.1, 0.15) is 27.4 Å². The van der Waals surface area contributed by atoms with Crippen molar-refractivity contribution in [3.8, 4) is 11.5 Å². The first-order chi connectivity index (χ1) is 15.5. The quantitative estimate of drug-likeness (QED) is 0.532. The van der Waals surface area contributed by atoms with Gasteiger partial charge in [0, 0.05) is 32.7 Å². The molecule has 0 spiro atoms. The van der Waals surface area contributed by atoms with Gasteiger partial charge in [-0.3, -0.25) is 9.69 Å². The first-order valence-corrected chi connectivity index (χ1v) is 10.9. The van der Waals surface area contributed by atoms with E-state index in [4.69, 9.17) is 25.6 Å². The molecule has 1 aromatic heterocycles. The van der Waals surface area contributed by atoms with Crippen LogP contribution in [0.2, 0.25) is 5.02 Å². The Bertz CT molecular complexity index is 1060. The number of nitrogens with zero attached hydrogens (tertiary/aromatic N) is 3. The van der Waals surface area contributed by atoms with E-state index < -0.39 is 0 Å². The van der Waals surface area contributed by atoms with Gasteiger partial charge in [0.2, 0.25) is 0 Å². The molecule has 3 aromatic rings. The van der Waals surface area contributed by atoms with E-state index in [0.717, 1.165) is 25.4 Å². The Morgan fingerprint density at radius 1 is 1.09 bits per heavy atom. The third kappa shape index (κ3) is 5.06. The molecule has 0 bridgehead atoms. The molecule has 168 valence electrons. The van der Waals surface area contributed by atoms with E-state index in [2.05, 4.69) is 22.2 Å². The summed E-state index contributed by atoms with van der Waals surface area (Å²) in [5.74, 6) is 1.84. The SMILES string of the molecule is COc1ccc(CN2CCN(C(=O)c3noc(C)c3COc3ccccc3Cl)CC2)cc1. The van der Waals surface area contributed by atoms with Crippen LogP contribution in [0.25, 0.3) is 0 Å². The summed E-state index contributed by atoms with van der Waals surface area (Å²) in [6, 6.07) is 15.3. The Labute approximate surface area is 192 Å². The highest BCUT2D eigenvalue weighted by molar-refractivity contribution is 6.32. The number of amides is 1. The maximum Gasteiger partial charge on any atom is 0.276 e. The summed E-state index contributed by atoms with van der Waals surface area (Å²) in [4.78, 5) is 17.3. The minimum atomic E-state index is -0.135. The van der Waals surface area contributed by atoms with Crippen LogP contribution in [0.5, 0.6) is 11.5 Å². The van der Waals surface area contributed by atoms with Crippen molar-refractivity contribution in [3.63, 3.8) is 0 Å². The number of carbonyl (C=O) groups excluding carboxylic acids is 1. The predicted octanol–water partition coefficient (Wildman–Crippen LogP) is 4.18. The van der Waals surface area contributed by atoms with Gasteiger partial charge in [-0.25, -0.2) is 0 Å². The van der Waals surface area contributed by atoms with Gasteiger partial charge >= 0.3 is 0 Å². The molecule has 1 aliphatic rings. The number of hydrogen-bond acceptors (Lipinski definition) is 6. The summed E-state index contributed by atoms with van der Waals surface area (Å²) in [6.45, 7) is 5.63. The molecule has 0 radical (unpaired) electrons. The van der Waals surface area contributed by atoms with E-state index in [1.54, 1.807) is 26.2 Å². The Kier molecular flexibility index (Phi) is 6.97. The Morgan fingerprint density at radius 3 is 2.50 bits per heavy atom. The third-order valence-electron chi connectivity index (χ3n) is 5.62. The molecular weight excluding hydrogens is 430 g/mol. The van der Waals surface area contributed by atoms with Crippen LogP contribution in [0.15, 0.2) is 53.1 Å². The molecule has 0 aliphatic carbocycles. The van der Waals surface area contributed by atoms with E-state index in [9.17, 15) is 4.79 Å². The first-order valence-electron chi connectivity index (χ1n) is 10.5. The highest BCUT2D eigenvalue weighted by Gasteiger charge is 2.28. The number of aromatic nitrogens is 1. The number of carbonyl (C=O) groups is 1. The molecule has 4 rings (SSSR count). The van der Waals surface area contributed by atoms with Crippen LogP contribution in [0, 0.1) is 6.92 Å². The van der Waals surface area contributed by atoms with Gasteiger partial charge in [-0.2, -0.15) is 0 Å². The number of para-hydroxylation sites is 1. The van der Waals surface area contributed by atoms with Crippen LogP contribution in [0.4, 0.5) is 0 Å². The van der Waals surface area contributed by atoms with Gasteiger partial charge in [-0.15, -0.1) is 0 Å². The molecular formula is C24H26ClN3O4. The van der Waals surface area contributed by atoms with Crippen molar-refractivity contribution in [2.24, 2.45) is 0 Å². The molecule has 8 heteroatoms. The highest BCUT2D eigenvalue weighted by Crippen LogP contribution is 2.26. The van der Waals surface area contributed by atoms with Gasteiger partial charge in [0.05, 0.1) is 17.7 Å². The van der Waals surface area contributed by atoms with Gasteiger partial charge in [0.15, 0.2) is 5.69 Å². The zero-order valence-electron chi connectivity index (χ0n) is 18.2. The summed E-state index contributed by atoms with van der Waals surface area (Å²) < 4.78 is 16.3. The standard InChI is InChI=1S/C24H26ClN3O4/c1-17-20(16-31-22-6-4-3-5-21(22)25)23(26-32-17)24(29)28-13-11-27(12-14-28)15-18-7-9-19(30-2)10-8-18/h3-10H,11-16H2,1-2H3. The molecule has 1 fully saturated rings. The summed E-state index contributed by atoms with van der Waals surface area (Å²) in [6.07, 6.45) is 0. The molecule has 0 N–H and O–H groups in total. The average Bonchev–Trinajstić information content (AvgIpc) is 3.19. The molecule has 2 heterocycles. The molecule has 1 amide bonds. The fourth-order valence-electron chi connectivity index (χ4n) is 3.69. The lowest BCUT2D eigenvalue weighted by molar-refractivity contribution is 0.0616. The van der Waals surface area contributed by atoms with E-state index in [1.165, 1.54) is 5.56 Å². The molecule has 2 aromatic carbocycles. The second-order valence-corrected chi connectivity index (χ2v) is 8.11. The number of piperazine rings is 1. The van der Waals surface area contributed by atoms with Gasteiger partial charge < -0.3 is 18.9 Å². The molecule has 0 saturated carbocycles. The maximum atomic E-state index is 13.1. The number of hydrogen-bond donors (Lipinski definition) is 0. The fraction of sp³-hybridized carbons (Fsp3) is 0.333. The predicted molar refractivity (Wildman–Crippen MR) is 121 cm³/mol. The molecule has 0 unspecified atom stereocenters. The van der Waals surface area contributed by atoms with Crippen LogP contribution >= 0.6 is 11.6 Å². The summed E-state index contributed by atoms with van der Waals surface area (Å²) >= 11 is 6.16. The van der Waals surface area contributed by atoms with Gasteiger partial charge in [0.25, 0.3) is 5.91 Å². The van der Waals surface area contributed by atoms with Crippen LogP contribution in [-0.4, -0.2) is 54.2 Å². The third-order valence-corrected chi connectivity index (χ3v) is 5.93. The van der Waals surface area contributed by atoms with E-state index >= 15 is 0 Å². The van der Waals surface area contributed by atoms with Gasteiger partial charge in [0.1, 0.15) is 23.9 Å². The zero-order chi connectivity index (χ0) is 22.5. The minimum absolute atomic E-state index is 0.135.